The number of halogens is 1. The molecule has 0 bridgehead atoms. The monoisotopic (exact) mass is 316 g/mol. The first kappa shape index (κ1) is 15.2. The fourth-order valence-electron chi connectivity index (χ4n) is 2.15. The van der Waals surface area contributed by atoms with Crippen molar-refractivity contribution in [2.45, 2.75) is 32.7 Å². The van der Waals surface area contributed by atoms with Crippen LogP contribution in [0.4, 0.5) is 0 Å². The number of amides is 2. The first-order valence-corrected chi connectivity index (χ1v) is 7.75. The molecule has 0 aliphatic carbocycles. The highest BCUT2D eigenvalue weighted by atomic mass is 35.5. The molecule has 6 nitrogen and oxygen atoms in total. The summed E-state index contributed by atoms with van der Waals surface area (Å²) in [7, 11) is 0. The quantitative estimate of drug-likeness (QED) is 0.918. The second kappa shape index (κ2) is 6.49. The fourth-order valence-corrected chi connectivity index (χ4v) is 2.89. The molecule has 0 atom stereocenters. The molecule has 0 radical (unpaired) electrons. The smallest absolute Gasteiger partial charge is 0.282 e. The highest BCUT2D eigenvalue weighted by Crippen LogP contribution is 2.17. The van der Waals surface area contributed by atoms with Gasteiger partial charge >= 0.3 is 0 Å². The molecule has 8 heteroatoms. The predicted molar refractivity (Wildman–Crippen MR) is 76.8 cm³/mol. The number of nitrogens with one attached hydrogen (secondary N) is 1. The Labute approximate surface area is 126 Å². The van der Waals surface area contributed by atoms with Gasteiger partial charge in [-0.3, -0.25) is 9.59 Å². The number of hydrogen-bond acceptors (Lipinski definition) is 5. The van der Waals surface area contributed by atoms with E-state index in [1.807, 2.05) is 18.7 Å². The van der Waals surface area contributed by atoms with E-state index in [1.54, 1.807) is 0 Å². The van der Waals surface area contributed by atoms with E-state index in [-0.39, 0.29) is 33.2 Å². The summed E-state index contributed by atoms with van der Waals surface area (Å²) in [4.78, 5) is 25.6. The van der Waals surface area contributed by atoms with E-state index >= 15 is 0 Å². The van der Waals surface area contributed by atoms with Gasteiger partial charge in [0.15, 0.2) is 0 Å². The topological polar surface area (TPSA) is 75.2 Å². The number of piperidine rings is 1. The van der Waals surface area contributed by atoms with Crippen molar-refractivity contribution in [3.8, 4) is 0 Å². The van der Waals surface area contributed by atoms with Gasteiger partial charge in [0, 0.05) is 25.0 Å². The van der Waals surface area contributed by atoms with Gasteiger partial charge in [0.2, 0.25) is 15.4 Å². The molecule has 2 amide bonds. The number of hydrogen-bond donors (Lipinski definition) is 1. The summed E-state index contributed by atoms with van der Waals surface area (Å²) >= 11 is 6.71. The van der Waals surface area contributed by atoms with Crippen LogP contribution in [-0.4, -0.2) is 46.0 Å². The zero-order valence-corrected chi connectivity index (χ0v) is 13.0. The molecule has 2 rings (SSSR count). The van der Waals surface area contributed by atoms with E-state index in [2.05, 4.69) is 15.5 Å². The Balaban J connectivity index is 1.83. The molecule has 0 saturated carbocycles. The van der Waals surface area contributed by atoms with E-state index in [0.29, 0.717) is 13.1 Å². The Hall–Kier alpha value is -1.21. The standard InChI is InChI=1S/C12H17ClN4O2S/c1-7(2)11(19)17-5-3-8(4-6-17)14-9(18)10-15-16-12(13)20-10/h7-8H,3-6H2,1-2H3,(H,14,18). The molecule has 1 fully saturated rings. The third kappa shape index (κ3) is 3.67. The minimum absolute atomic E-state index is 0.0182. The Morgan fingerprint density at radius 1 is 1.35 bits per heavy atom. The molecule has 0 spiro atoms. The van der Waals surface area contributed by atoms with Crippen LogP contribution in [0.3, 0.4) is 0 Å². The molecular formula is C12H17ClN4O2S. The molecule has 0 aromatic carbocycles. The second-order valence-electron chi connectivity index (χ2n) is 5.09. The number of nitrogens with zero attached hydrogens (tertiary/aromatic N) is 3. The number of carbonyl (C=O) groups is 2. The molecule has 1 aliphatic rings. The first-order chi connectivity index (χ1) is 9.47. The van der Waals surface area contributed by atoms with E-state index in [9.17, 15) is 9.59 Å². The lowest BCUT2D eigenvalue weighted by Crippen LogP contribution is -2.47. The van der Waals surface area contributed by atoms with Crippen LogP contribution in [0.1, 0.15) is 36.5 Å². The Morgan fingerprint density at radius 3 is 2.50 bits per heavy atom. The van der Waals surface area contributed by atoms with Crippen molar-refractivity contribution in [2.24, 2.45) is 5.92 Å². The Bertz CT molecular complexity index is 497. The van der Waals surface area contributed by atoms with Crippen molar-refractivity contribution in [3.05, 3.63) is 9.47 Å². The third-order valence-corrected chi connectivity index (χ3v) is 4.25. The SMILES string of the molecule is CC(C)C(=O)N1CCC(NC(=O)c2nnc(Cl)s2)CC1. The van der Waals surface area contributed by atoms with Gasteiger partial charge in [-0.15, -0.1) is 10.2 Å². The minimum atomic E-state index is -0.247. The van der Waals surface area contributed by atoms with E-state index < -0.39 is 0 Å². The molecule has 1 aromatic heterocycles. The van der Waals surface area contributed by atoms with Crippen LogP contribution in [0.25, 0.3) is 0 Å². The van der Waals surface area contributed by atoms with Gasteiger partial charge in [0.05, 0.1) is 0 Å². The Kier molecular flexibility index (Phi) is 4.93. The van der Waals surface area contributed by atoms with Crippen molar-refractivity contribution in [2.75, 3.05) is 13.1 Å². The van der Waals surface area contributed by atoms with E-state index in [4.69, 9.17) is 11.6 Å². The summed E-state index contributed by atoms with van der Waals surface area (Å²) in [5.74, 6) is -0.0570. The van der Waals surface area contributed by atoms with Crippen molar-refractivity contribution in [3.63, 3.8) is 0 Å². The number of carbonyl (C=O) groups excluding carboxylic acids is 2. The lowest BCUT2D eigenvalue weighted by Gasteiger charge is -2.33. The van der Waals surface area contributed by atoms with Crippen molar-refractivity contribution in [1.82, 2.24) is 20.4 Å². The van der Waals surface area contributed by atoms with Crippen LogP contribution in [0, 0.1) is 5.92 Å². The molecular weight excluding hydrogens is 300 g/mol. The van der Waals surface area contributed by atoms with Crippen LogP contribution < -0.4 is 5.32 Å². The Morgan fingerprint density at radius 2 is 2.00 bits per heavy atom. The summed E-state index contributed by atoms with van der Waals surface area (Å²) < 4.78 is 0.257. The molecule has 20 heavy (non-hydrogen) atoms. The summed E-state index contributed by atoms with van der Waals surface area (Å²) in [5.41, 5.74) is 0. The zero-order chi connectivity index (χ0) is 14.7. The van der Waals surface area contributed by atoms with Crippen LogP contribution >= 0.6 is 22.9 Å². The van der Waals surface area contributed by atoms with Crippen LogP contribution in [0.2, 0.25) is 4.47 Å². The predicted octanol–water partition coefficient (Wildman–Crippen LogP) is 1.57. The third-order valence-electron chi connectivity index (χ3n) is 3.23. The minimum Gasteiger partial charge on any atom is -0.347 e. The number of likely N-dealkylation sites (tertiary alicyclic amines) is 1. The summed E-state index contributed by atoms with van der Waals surface area (Å²) in [6.45, 7) is 5.16. The second-order valence-corrected chi connectivity index (χ2v) is 6.65. The van der Waals surface area contributed by atoms with Gasteiger partial charge < -0.3 is 10.2 Å². The fraction of sp³-hybridized carbons (Fsp3) is 0.667. The van der Waals surface area contributed by atoms with Crippen LogP contribution in [-0.2, 0) is 4.79 Å². The molecule has 1 aliphatic heterocycles. The lowest BCUT2D eigenvalue weighted by molar-refractivity contribution is -0.135. The van der Waals surface area contributed by atoms with Crippen LogP contribution in [0.15, 0.2) is 0 Å². The zero-order valence-electron chi connectivity index (χ0n) is 11.4. The summed E-state index contributed by atoms with van der Waals surface area (Å²) in [6, 6.07) is 0.0707. The molecule has 0 unspecified atom stereocenters. The van der Waals surface area contributed by atoms with Crippen LogP contribution in [0.5, 0.6) is 0 Å². The van der Waals surface area contributed by atoms with Gasteiger partial charge in [0.1, 0.15) is 0 Å². The molecule has 1 saturated heterocycles. The number of aromatic nitrogens is 2. The molecule has 1 N–H and O–H groups in total. The summed E-state index contributed by atoms with van der Waals surface area (Å²) in [6.07, 6.45) is 1.52. The molecule has 110 valence electrons. The van der Waals surface area contributed by atoms with E-state index in [1.165, 1.54) is 0 Å². The largest absolute Gasteiger partial charge is 0.347 e. The normalized spacial score (nSPS) is 16.5. The average molecular weight is 317 g/mol. The van der Waals surface area contributed by atoms with E-state index in [0.717, 1.165) is 24.2 Å². The molecule has 2 heterocycles. The van der Waals surface area contributed by atoms with Gasteiger partial charge in [-0.25, -0.2) is 0 Å². The maximum Gasteiger partial charge on any atom is 0.282 e. The van der Waals surface area contributed by atoms with Gasteiger partial charge in [-0.2, -0.15) is 0 Å². The van der Waals surface area contributed by atoms with Gasteiger partial charge in [-0.05, 0) is 24.4 Å². The lowest BCUT2D eigenvalue weighted by atomic mass is 10.0. The average Bonchev–Trinajstić information content (AvgIpc) is 2.85. The first-order valence-electron chi connectivity index (χ1n) is 6.56. The summed E-state index contributed by atoms with van der Waals surface area (Å²) in [5, 5.41) is 10.5. The maximum atomic E-state index is 11.9. The molecule has 1 aromatic rings. The highest BCUT2D eigenvalue weighted by Gasteiger charge is 2.26. The maximum absolute atomic E-state index is 11.9. The van der Waals surface area contributed by atoms with Crippen molar-refractivity contribution in [1.29, 1.82) is 0 Å². The number of rotatable bonds is 3. The van der Waals surface area contributed by atoms with Gasteiger partial charge in [-0.1, -0.05) is 25.2 Å². The van der Waals surface area contributed by atoms with Gasteiger partial charge in [0.25, 0.3) is 5.91 Å². The van der Waals surface area contributed by atoms with Crippen molar-refractivity contribution < 1.29 is 9.59 Å². The van der Waals surface area contributed by atoms with Crippen molar-refractivity contribution >= 4 is 34.8 Å². The highest BCUT2D eigenvalue weighted by molar-refractivity contribution is 7.17.